The topological polar surface area (TPSA) is 126 Å². The van der Waals surface area contributed by atoms with Crippen LogP contribution in [0.15, 0.2) is 48.5 Å². The summed E-state index contributed by atoms with van der Waals surface area (Å²) in [5.41, 5.74) is -0.165. The molecule has 0 spiro atoms. The van der Waals surface area contributed by atoms with E-state index in [9.17, 15) is 24.1 Å². The van der Waals surface area contributed by atoms with E-state index in [4.69, 9.17) is 18.9 Å². The first-order chi connectivity index (χ1) is 16.0. The maximum atomic E-state index is 13.3. The van der Waals surface area contributed by atoms with Gasteiger partial charge in [0.1, 0.15) is 17.2 Å². The van der Waals surface area contributed by atoms with Crippen molar-refractivity contribution in [3.63, 3.8) is 0 Å². The Balaban J connectivity index is 1.71. The van der Waals surface area contributed by atoms with Crippen molar-refractivity contribution < 1.29 is 37.9 Å². The van der Waals surface area contributed by atoms with Crippen molar-refractivity contribution in [2.75, 3.05) is 6.54 Å². The summed E-state index contributed by atoms with van der Waals surface area (Å²) in [6.45, 7) is 5.25. The van der Waals surface area contributed by atoms with E-state index in [1.807, 2.05) is 0 Å². The molecule has 1 heterocycles. The van der Waals surface area contributed by atoms with Crippen molar-refractivity contribution in [3.8, 4) is 5.75 Å². The molecule has 1 saturated heterocycles. The standard InChI is InChI=1S/C23H25FN2O8/c1-23(2,3)34-22(28)32-19-13-25-18(12-14-4-6-15(24)7-5-14)20(19)33-21(27)31-17-10-8-16(9-11-17)26(29)30/h4-11,18-20,25H,12-13H2,1-3H3/t18-,19+,20+/m1/s1. The van der Waals surface area contributed by atoms with Gasteiger partial charge in [0.15, 0.2) is 12.2 Å². The van der Waals surface area contributed by atoms with E-state index < -0.39 is 41.1 Å². The van der Waals surface area contributed by atoms with Crippen molar-refractivity contribution in [2.45, 2.75) is 51.0 Å². The quantitative estimate of drug-likeness (QED) is 0.283. The Morgan fingerprint density at radius 2 is 1.71 bits per heavy atom. The number of nitrogens with one attached hydrogen (secondary N) is 1. The smallest absolute Gasteiger partial charge is 0.429 e. The number of ether oxygens (including phenoxy) is 4. The summed E-state index contributed by atoms with van der Waals surface area (Å²) in [5.74, 6) is -0.338. The lowest BCUT2D eigenvalue weighted by Crippen LogP contribution is -2.41. The van der Waals surface area contributed by atoms with E-state index in [0.29, 0.717) is 6.42 Å². The molecule has 3 rings (SSSR count). The lowest BCUT2D eigenvalue weighted by Gasteiger charge is -2.25. The highest BCUT2D eigenvalue weighted by Crippen LogP contribution is 2.23. The zero-order chi connectivity index (χ0) is 24.9. The number of rotatable bonds is 6. The molecular weight excluding hydrogens is 451 g/mol. The number of non-ortho nitro benzene ring substituents is 1. The normalized spacial score (nSPS) is 19.8. The fourth-order valence-corrected chi connectivity index (χ4v) is 3.35. The molecule has 0 unspecified atom stereocenters. The Morgan fingerprint density at radius 1 is 1.06 bits per heavy atom. The minimum Gasteiger partial charge on any atom is -0.429 e. The summed E-state index contributed by atoms with van der Waals surface area (Å²) >= 11 is 0. The minimum absolute atomic E-state index is 0.0428. The third-order valence-corrected chi connectivity index (χ3v) is 4.83. The van der Waals surface area contributed by atoms with Gasteiger partial charge in [-0.2, -0.15) is 0 Å². The molecule has 0 bridgehead atoms. The van der Waals surface area contributed by atoms with Crippen LogP contribution < -0.4 is 10.1 Å². The van der Waals surface area contributed by atoms with Gasteiger partial charge < -0.3 is 24.3 Å². The van der Waals surface area contributed by atoms with Crippen LogP contribution >= 0.6 is 0 Å². The Hall–Kier alpha value is -3.73. The van der Waals surface area contributed by atoms with Crippen LogP contribution in [-0.2, 0) is 20.6 Å². The number of nitrogens with zero attached hydrogens (tertiary/aromatic N) is 1. The summed E-state index contributed by atoms with van der Waals surface area (Å²) in [5, 5.41) is 13.9. The second-order valence-corrected chi connectivity index (χ2v) is 8.65. The van der Waals surface area contributed by atoms with Crippen molar-refractivity contribution in [1.82, 2.24) is 5.32 Å². The lowest BCUT2D eigenvalue weighted by molar-refractivity contribution is -0.384. The second kappa shape index (κ2) is 10.5. The highest BCUT2D eigenvalue weighted by Gasteiger charge is 2.42. The maximum absolute atomic E-state index is 13.3. The van der Waals surface area contributed by atoms with Crippen LogP contribution in [0.3, 0.4) is 0 Å². The third-order valence-electron chi connectivity index (χ3n) is 4.83. The van der Waals surface area contributed by atoms with Gasteiger partial charge in [-0.05, 0) is 57.0 Å². The van der Waals surface area contributed by atoms with Crippen molar-refractivity contribution in [2.24, 2.45) is 0 Å². The molecule has 0 radical (unpaired) electrons. The predicted molar refractivity (Wildman–Crippen MR) is 117 cm³/mol. The highest BCUT2D eigenvalue weighted by atomic mass is 19.1. The molecule has 0 aromatic heterocycles. The average molecular weight is 476 g/mol. The van der Waals surface area contributed by atoms with Crippen LogP contribution in [-0.4, -0.2) is 47.6 Å². The molecule has 11 heteroatoms. The molecule has 10 nitrogen and oxygen atoms in total. The number of carbonyl (C=O) groups excluding carboxylic acids is 2. The van der Waals surface area contributed by atoms with E-state index >= 15 is 0 Å². The molecule has 2 aromatic carbocycles. The van der Waals surface area contributed by atoms with Crippen LogP contribution in [0.4, 0.5) is 19.7 Å². The van der Waals surface area contributed by atoms with E-state index in [1.165, 1.54) is 36.4 Å². The fourth-order valence-electron chi connectivity index (χ4n) is 3.35. The predicted octanol–water partition coefficient (Wildman–Crippen LogP) is 4.15. The van der Waals surface area contributed by atoms with E-state index in [-0.39, 0.29) is 23.8 Å². The highest BCUT2D eigenvalue weighted by molar-refractivity contribution is 5.65. The Morgan fingerprint density at radius 3 is 2.29 bits per heavy atom. The van der Waals surface area contributed by atoms with Gasteiger partial charge in [-0.15, -0.1) is 0 Å². The summed E-state index contributed by atoms with van der Waals surface area (Å²) < 4.78 is 34.4. The first kappa shape index (κ1) is 24.9. The van der Waals surface area contributed by atoms with Gasteiger partial charge in [0, 0.05) is 18.7 Å². The molecule has 34 heavy (non-hydrogen) atoms. The molecule has 3 atom stereocenters. The minimum atomic E-state index is -1.08. The number of nitro benzene ring substituents is 1. The Kier molecular flexibility index (Phi) is 7.67. The largest absolute Gasteiger partial charge is 0.514 e. The van der Waals surface area contributed by atoms with Crippen molar-refractivity contribution in [3.05, 3.63) is 70.0 Å². The second-order valence-electron chi connectivity index (χ2n) is 8.65. The van der Waals surface area contributed by atoms with Gasteiger partial charge in [-0.3, -0.25) is 10.1 Å². The van der Waals surface area contributed by atoms with Crippen LogP contribution in [0.25, 0.3) is 0 Å². The van der Waals surface area contributed by atoms with Crippen LogP contribution in [0.1, 0.15) is 26.3 Å². The molecule has 0 aliphatic carbocycles. The van der Waals surface area contributed by atoms with E-state index in [2.05, 4.69) is 5.32 Å². The SMILES string of the molecule is CC(C)(C)OC(=O)O[C@H]1CN[C@H](Cc2ccc(F)cc2)[C@@H]1OC(=O)Oc1ccc([N+](=O)[O-])cc1. The summed E-state index contributed by atoms with van der Waals surface area (Å²) in [6, 6.07) is 10.3. The molecule has 1 aliphatic heterocycles. The first-order valence-electron chi connectivity index (χ1n) is 10.5. The first-order valence-corrected chi connectivity index (χ1v) is 10.5. The number of halogens is 1. The fraction of sp³-hybridized carbons (Fsp3) is 0.391. The third kappa shape index (κ3) is 7.14. The molecule has 0 saturated carbocycles. The van der Waals surface area contributed by atoms with Crippen LogP contribution in [0.2, 0.25) is 0 Å². The van der Waals surface area contributed by atoms with Gasteiger partial charge in [-0.25, -0.2) is 14.0 Å². The zero-order valence-electron chi connectivity index (χ0n) is 18.9. The van der Waals surface area contributed by atoms with Gasteiger partial charge in [0.2, 0.25) is 0 Å². The molecule has 1 aliphatic rings. The van der Waals surface area contributed by atoms with Crippen LogP contribution in [0.5, 0.6) is 5.75 Å². The molecule has 1 fully saturated rings. The molecule has 2 aromatic rings. The molecule has 0 amide bonds. The number of hydrogen-bond donors (Lipinski definition) is 1. The lowest BCUT2D eigenvalue weighted by atomic mass is 10.0. The van der Waals surface area contributed by atoms with Gasteiger partial charge in [-0.1, -0.05) is 12.1 Å². The Labute approximate surface area is 195 Å². The molecular formula is C23H25FN2O8. The summed E-state index contributed by atoms with van der Waals surface area (Å²) in [7, 11) is 0. The van der Waals surface area contributed by atoms with Crippen molar-refractivity contribution >= 4 is 18.0 Å². The summed E-state index contributed by atoms with van der Waals surface area (Å²) in [6.07, 6.45) is -3.46. The number of carbonyl (C=O) groups is 2. The van der Waals surface area contributed by atoms with E-state index in [1.54, 1.807) is 32.9 Å². The molecule has 182 valence electrons. The van der Waals surface area contributed by atoms with Gasteiger partial charge >= 0.3 is 12.3 Å². The number of benzene rings is 2. The van der Waals surface area contributed by atoms with Gasteiger partial charge in [0.25, 0.3) is 5.69 Å². The Bertz CT molecular complexity index is 1020. The zero-order valence-corrected chi connectivity index (χ0v) is 18.9. The maximum Gasteiger partial charge on any atom is 0.514 e. The van der Waals surface area contributed by atoms with Crippen molar-refractivity contribution in [1.29, 1.82) is 0 Å². The molecule has 1 N–H and O–H groups in total. The van der Waals surface area contributed by atoms with Gasteiger partial charge in [0.05, 0.1) is 11.0 Å². The van der Waals surface area contributed by atoms with E-state index in [0.717, 1.165) is 5.56 Å². The number of nitro groups is 1. The average Bonchev–Trinajstić information content (AvgIpc) is 3.09. The van der Waals surface area contributed by atoms with Crippen LogP contribution in [0, 0.1) is 15.9 Å². The number of hydrogen-bond acceptors (Lipinski definition) is 9. The summed E-state index contributed by atoms with van der Waals surface area (Å²) in [4.78, 5) is 34.8. The monoisotopic (exact) mass is 476 g/mol.